The molecule has 4 aromatic rings. The van der Waals surface area contributed by atoms with Crippen LogP contribution >= 0.6 is 0 Å². The molecule has 4 aromatic carbocycles. The summed E-state index contributed by atoms with van der Waals surface area (Å²) < 4.78 is 0. The Bertz CT molecular complexity index is 1440. The molecule has 180 valence electrons. The summed E-state index contributed by atoms with van der Waals surface area (Å²) in [5.74, 6) is 9.89. The van der Waals surface area contributed by atoms with Gasteiger partial charge in [-0.05, 0) is 53.9 Å². The van der Waals surface area contributed by atoms with Crippen LogP contribution in [0.15, 0.2) is 97.1 Å². The first-order valence-electron chi connectivity index (χ1n) is 11.9. The van der Waals surface area contributed by atoms with E-state index in [0.717, 1.165) is 22.3 Å². The van der Waals surface area contributed by atoms with Gasteiger partial charge in [0.1, 0.15) is 0 Å². The van der Waals surface area contributed by atoms with Gasteiger partial charge in [-0.2, -0.15) is 0 Å². The molecule has 0 aromatic heterocycles. The number of aromatic carboxylic acids is 2. The van der Waals surface area contributed by atoms with Crippen LogP contribution in [-0.4, -0.2) is 22.2 Å². The van der Waals surface area contributed by atoms with Crippen molar-refractivity contribution < 1.29 is 19.8 Å². The average molecular weight is 485 g/mol. The fraction of sp³-hybridized carbons (Fsp3) is 0.0909. The summed E-state index contributed by atoms with van der Waals surface area (Å²) in [6, 6.07) is 28.9. The molecule has 0 aliphatic rings. The normalized spacial score (nSPS) is 10.1. The molecular weight excluding hydrogens is 460 g/mol. The van der Waals surface area contributed by atoms with Crippen molar-refractivity contribution in [1.82, 2.24) is 0 Å². The van der Waals surface area contributed by atoms with Gasteiger partial charge in [-0.3, -0.25) is 0 Å². The van der Waals surface area contributed by atoms with Gasteiger partial charge >= 0.3 is 11.9 Å². The van der Waals surface area contributed by atoms with Gasteiger partial charge in [0.2, 0.25) is 0 Å². The standard InChI is InChI=1S/C33H24O4/c1-2-25(26-15-9-17-30(32(34)35)28(26)21-19-23-11-5-3-6-12-23)27-16-10-18-31(33(36)37)29(27)22-20-24-13-7-4-8-14-24/h3-18,25H,2H2,1H3,(H,34,35)(H,36,37). The van der Waals surface area contributed by atoms with Crippen LogP contribution in [0.25, 0.3) is 0 Å². The number of rotatable bonds is 5. The summed E-state index contributed by atoms with van der Waals surface area (Å²) in [7, 11) is 0. The summed E-state index contributed by atoms with van der Waals surface area (Å²) in [6.45, 7) is 1.98. The Morgan fingerprint density at radius 3 is 1.35 bits per heavy atom. The highest BCUT2D eigenvalue weighted by molar-refractivity contribution is 5.92. The second kappa shape index (κ2) is 11.6. The maximum Gasteiger partial charge on any atom is 0.336 e. The highest BCUT2D eigenvalue weighted by atomic mass is 16.4. The Morgan fingerprint density at radius 1 is 0.595 bits per heavy atom. The van der Waals surface area contributed by atoms with E-state index in [2.05, 4.69) is 23.7 Å². The molecule has 4 rings (SSSR count). The molecule has 37 heavy (non-hydrogen) atoms. The van der Waals surface area contributed by atoms with Crippen molar-refractivity contribution in [2.45, 2.75) is 19.3 Å². The van der Waals surface area contributed by atoms with Gasteiger partial charge in [-0.15, -0.1) is 0 Å². The predicted molar refractivity (Wildman–Crippen MR) is 144 cm³/mol. The number of carbonyl (C=O) groups is 2. The number of carboxylic acid groups (broad SMARTS) is 2. The fourth-order valence-electron chi connectivity index (χ4n) is 4.28. The van der Waals surface area contributed by atoms with Gasteiger partial charge in [-0.25, -0.2) is 9.59 Å². The highest BCUT2D eigenvalue weighted by Crippen LogP contribution is 2.34. The minimum absolute atomic E-state index is 0.102. The largest absolute Gasteiger partial charge is 0.478 e. The molecule has 0 aliphatic heterocycles. The number of carboxylic acids is 2. The number of hydrogen-bond acceptors (Lipinski definition) is 2. The maximum atomic E-state index is 12.1. The van der Waals surface area contributed by atoms with Crippen molar-refractivity contribution in [3.8, 4) is 23.7 Å². The molecule has 0 amide bonds. The van der Waals surface area contributed by atoms with E-state index in [1.807, 2.05) is 79.7 Å². The van der Waals surface area contributed by atoms with Gasteiger partial charge in [0.05, 0.1) is 11.1 Å². The molecule has 4 heteroatoms. The van der Waals surface area contributed by atoms with Crippen molar-refractivity contribution in [1.29, 1.82) is 0 Å². The van der Waals surface area contributed by atoms with Crippen LogP contribution < -0.4 is 0 Å². The first-order chi connectivity index (χ1) is 18.0. The van der Waals surface area contributed by atoms with E-state index in [1.165, 1.54) is 12.1 Å². The molecular formula is C33H24O4. The molecule has 0 spiro atoms. The van der Waals surface area contributed by atoms with E-state index in [9.17, 15) is 19.8 Å². The summed E-state index contributed by atoms with van der Waals surface area (Å²) in [5, 5.41) is 19.9. The highest BCUT2D eigenvalue weighted by Gasteiger charge is 2.24. The van der Waals surface area contributed by atoms with E-state index < -0.39 is 11.9 Å². The topological polar surface area (TPSA) is 74.6 Å². The van der Waals surface area contributed by atoms with E-state index in [4.69, 9.17) is 0 Å². The Balaban J connectivity index is 1.93. The van der Waals surface area contributed by atoms with E-state index in [1.54, 1.807) is 12.1 Å². The summed E-state index contributed by atoms with van der Waals surface area (Å²) in [4.78, 5) is 24.3. The Labute approximate surface area is 216 Å². The molecule has 4 nitrogen and oxygen atoms in total. The van der Waals surface area contributed by atoms with Crippen molar-refractivity contribution >= 4 is 11.9 Å². The van der Waals surface area contributed by atoms with Crippen LogP contribution in [0.4, 0.5) is 0 Å². The molecule has 0 saturated heterocycles. The number of benzene rings is 4. The number of hydrogen-bond donors (Lipinski definition) is 2. The quantitative estimate of drug-likeness (QED) is 0.320. The molecule has 0 unspecified atom stereocenters. The molecule has 0 aliphatic carbocycles. The van der Waals surface area contributed by atoms with Crippen molar-refractivity contribution in [2.75, 3.05) is 0 Å². The second-order valence-corrected chi connectivity index (χ2v) is 8.34. The van der Waals surface area contributed by atoms with Gasteiger partial charge in [-0.1, -0.05) is 91.3 Å². The molecule has 0 bridgehead atoms. The van der Waals surface area contributed by atoms with Gasteiger partial charge in [0, 0.05) is 28.2 Å². The van der Waals surface area contributed by atoms with E-state index in [-0.39, 0.29) is 17.0 Å². The Hall–Kier alpha value is -5.06. The molecule has 2 N–H and O–H groups in total. The molecule has 0 heterocycles. The zero-order valence-corrected chi connectivity index (χ0v) is 20.2. The lowest BCUT2D eigenvalue weighted by atomic mass is 9.81. The van der Waals surface area contributed by atoms with Crippen molar-refractivity contribution in [2.24, 2.45) is 0 Å². The van der Waals surface area contributed by atoms with Gasteiger partial charge in [0.15, 0.2) is 0 Å². The van der Waals surface area contributed by atoms with Crippen LogP contribution in [0.5, 0.6) is 0 Å². The third kappa shape index (κ3) is 5.78. The van der Waals surface area contributed by atoms with Crippen LogP contribution in [0.3, 0.4) is 0 Å². The van der Waals surface area contributed by atoms with Crippen LogP contribution in [-0.2, 0) is 0 Å². The summed E-state index contributed by atoms with van der Waals surface area (Å²) >= 11 is 0. The molecule has 0 saturated carbocycles. The first kappa shape index (κ1) is 25.0. The van der Waals surface area contributed by atoms with Crippen LogP contribution in [0, 0.1) is 23.7 Å². The monoisotopic (exact) mass is 484 g/mol. The lowest BCUT2D eigenvalue weighted by Crippen LogP contribution is -2.11. The SMILES string of the molecule is CCC(c1cccc(C(=O)O)c1C#Cc1ccccc1)c1cccc(C(=O)O)c1C#Cc1ccccc1. The van der Waals surface area contributed by atoms with Crippen molar-refractivity contribution in [3.05, 3.63) is 142 Å². The Kier molecular flexibility index (Phi) is 7.84. The smallest absolute Gasteiger partial charge is 0.336 e. The lowest BCUT2D eigenvalue weighted by molar-refractivity contribution is 0.0685. The zero-order valence-electron chi connectivity index (χ0n) is 20.2. The summed E-state index contributed by atoms with van der Waals surface area (Å²) in [6.07, 6.45) is 0.589. The van der Waals surface area contributed by atoms with E-state index >= 15 is 0 Å². The molecule has 0 radical (unpaired) electrons. The molecule has 0 atom stereocenters. The third-order valence-corrected chi connectivity index (χ3v) is 6.02. The molecule has 0 fully saturated rings. The summed E-state index contributed by atoms with van der Waals surface area (Å²) in [5.41, 5.74) is 4.00. The first-order valence-corrected chi connectivity index (χ1v) is 11.9. The van der Waals surface area contributed by atoms with Crippen LogP contribution in [0.2, 0.25) is 0 Å². The maximum absolute atomic E-state index is 12.1. The zero-order chi connectivity index (χ0) is 26.2. The fourth-order valence-corrected chi connectivity index (χ4v) is 4.28. The Morgan fingerprint density at radius 2 is 1.00 bits per heavy atom. The van der Waals surface area contributed by atoms with Crippen LogP contribution in [0.1, 0.15) is 73.4 Å². The lowest BCUT2D eigenvalue weighted by Gasteiger charge is -2.21. The van der Waals surface area contributed by atoms with Crippen molar-refractivity contribution in [3.63, 3.8) is 0 Å². The van der Waals surface area contributed by atoms with Gasteiger partial charge < -0.3 is 10.2 Å². The van der Waals surface area contributed by atoms with E-state index in [0.29, 0.717) is 17.5 Å². The second-order valence-electron chi connectivity index (χ2n) is 8.34. The third-order valence-electron chi connectivity index (χ3n) is 6.02. The predicted octanol–water partition coefficient (Wildman–Crippen LogP) is 6.42. The average Bonchev–Trinajstić information content (AvgIpc) is 2.92. The van der Waals surface area contributed by atoms with Gasteiger partial charge in [0.25, 0.3) is 0 Å². The minimum atomic E-state index is -1.07. The minimum Gasteiger partial charge on any atom is -0.478 e.